The maximum atomic E-state index is 13.0. The van der Waals surface area contributed by atoms with Crippen molar-refractivity contribution in [1.29, 1.82) is 0 Å². The Hall–Kier alpha value is -1.88. The summed E-state index contributed by atoms with van der Waals surface area (Å²) < 4.78 is 51.3. The number of carbonyl (C=O) groups excluding carboxylic acids is 1. The zero-order valence-corrected chi connectivity index (χ0v) is 19.2. The second kappa shape index (κ2) is 9.09. The summed E-state index contributed by atoms with van der Waals surface area (Å²) in [5.74, 6) is -0.687. The van der Waals surface area contributed by atoms with E-state index in [4.69, 9.17) is 0 Å². The minimum atomic E-state index is -3.64. The highest BCUT2D eigenvalue weighted by Crippen LogP contribution is 2.30. The minimum Gasteiger partial charge on any atom is -0.325 e. The summed E-state index contributed by atoms with van der Waals surface area (Å²) in [4.78, 5) is 13.7. The molecule has 1 aliphatic heterocycles. The highest BCUT2D eigenvalue weighted by Gasteiger charge is 2.33. The fraction of sp³-hybridized carbons (Fsp3) is 0.350. The molecule has 1 fully saturated rings. The molecule has 3 rings (SSSR count). The van der Waals surface area contributed by atoms with E-state index in [1.165, 1.54) is 22.1 Å². The molecule has 1 saturated heterocycles. The van der Waals surface area contributed by atoms with E-state index >= 15 is 0 Å². The van der Waals surface area contributed by atoms with E-state index in [1.807, 2.05) is 6.26 Å². The molecule has 0 bridgehead atoms. The first-order chi connectivity index (χ1) is 14.1. The number of anilines is 1. The molecule has 0 spiro atoms. The van der Waals surface area contributed by atoms with Gasteiger partial charge >= 0.3 is 0 Å². The van der Waals surface area contributed by atoms with Crippen LogP contribution in [0.25, 0.3) is 0 Å². The lowest BCUT2D eigenvalue weighted by Gasteiger charge is -2.31. The molecule has 0 unspecified atom stereocenters. The van der Waals surface area contributed by atoms with Gasteiger partial charge in [0, 0.05) is 30.2 Å². The van der Waals surface area contributed by atoms with Gasteiger partial charge in [0.1, 0.15) is 0 Å². The molecule has 1 aliphatic rings. The molecule has 0 atom stereocenters. The van der Waals surface area contributed by atoms with Crippen molar-refractivity contribution in [3.8, 4) is 0 Å². The molecule has 2 aromatic rings. The van der Waals surface area contributed by atoms with E-state index in [0.717, 1.165) is 6.26 Å². The maximum Gasteiger partial charge on any atom is 0.244 e. The first-order valence-corrected chi connectivity index (χ1v) is 13.9. The van der Waals surface area contributed by atoms with Crippen LogP contribution in [0.5, 0.6) is 0 Å². The van der Waals surface area contributed by atoms with Crippen molar-refractivity contribution in [3.63, 3.8) is 0 Å². The van der Waals surface area contributed by atoms with Crippen LogP contribution < -0.4 is 5.32 Å². The van der Waals surface area contributed by atoms with Crippen LogP contribution in [0.1, 0.15) is 12.8 Å². The van der Waals surface area contributed by atoms with Gasteiger partial charge in [0.15, 0.2) is 9.84 Å². The van der Waals surface area contributed by atoms with Gasteiger partial charge in [-0.2, -0.15) is 4.31 Å². The Bertz CT molecular complexity index is 1140. The molecular weight excluding hydrogens is 444 g/mol. The highest BCUT2D eigenvalue weighted by molar-refractivity contribution is 7.99. The number of carbonyl (C=O) groups is 1. The predicted octanol–water partition coefficient (Wildman–Crippen LogP) is 2.85. The monoisotopic (exact) mass is 468 g/mol. The summed E-state index contributed by atoms with van der Waals surface area (Å²) >= 11 is 1.38. The molecule has 162 valence electrons. The third kappa shape index (κ3) is 4.88. The van der Waals surface area contributed by atoms with Crippen molar-refractivity contribution in [3.05, 3.63) is 48.5 Å². The van der Waals surface area contributed by atoms with Crippen LogP contribution in [-0.4, -0.2) is 52.6 Å². The quantitative estimate of drug-likeness (QED) is 0.655. The number of thioether (sulfide) groups is 1. The van der Waals surface area contributed by atoms with Gasteiger partial charge in [-0.05, 0) is 43.4 Å². The number of sulfonamides is 1. The zero-order chi connectivity index (χ0) is 21.9. The standard InChI is InChI=1S/C20H24N2O5S3/c1-28-17-8-4-6-10-19(17)30(26,27)22-13-11-15(12-14-22)20(23)21-16-7-3-5-9-18(16)29(2,24)25/h3-10,15H,11-14H2,1-2H3,(H,21,23). The molecular formula is C20H24N2O5S3. The molecule has 1 amide bonds. The van der Waals surface area contributed by atoms with Gasteiger partial charge in [-0.1, -0.05) is 24.3 Å². The van der Waals surface area contributed by atoms with Crippen LogP contribution in [-0.2, 0) is 24.7 Å². The minimum absolute atomic E-state index is 0.0621. The van der Waals surface area contributed by atoms with Crippen LogP contribution in [0.3, 0.4) is 0 Å². The van der Waals surface area contributed by atoms with Crippen molar-refractivity contribution in [2.45, 2.75) is 27.5 Å². The summed E-state index contributed by atoms with van der Waals surface area (Å²) in [5.41, 5.74) is 0.244. The molecule has 1 heterocycles. The van der Waals surface area contributed by atoms with E-state index in [-0.39, 0.29) is 40.4 Å². The van der Waals surface area contributed by atoms with Gasteiger partial charge in [0.05, 0.1) is 15.5 Å². The fourth-order valence-electron chi connectivity index (χ4n) is 3.46. The Morgan fingerprint density at radius 3 is 2.13 bits per heavy atom. The maximum absolute atomic E-state index is 13.0. The molecule has 7 nitrogen and oxygen atoms in total. The Labute approximate surface area is 181 Å². The van der Waals surface area contributed by atoms with Crippen molar-refractivity contribution < 1.29 is 21.6 Å². The van der Waals surface area contributed by atoms with E-state index < -0.39 is 19.9 Å². The van der Waals surface area contributed by atoms with E-state index in [9.17, 15) is 21.6 Å². The third-order valence-corrected chi connectivity index (χ3v) is 9.09. The topological polar surface area (TPSA) is 101 Å². The van der Waals surface area contributed by atoms with E-state index in [0.29, 0.717) is 17.7 Å². The van der Waals surface area contributed by atoms with Gasteiger partial charge in [-0.25, -0.2) is 16.8 Å². The molecule has 0 aliphatic carbocycles. The Kier molecular flexibility index (Phi) is 6.91. The fourth-order valence-corrected chi connectivity index (χ4v) is 6.89. The van der Waals surface area contributed by atoms with Crippen LogP contribution in [0.15, 0.2) is 63.2 Å². The summed E-state index contributed by atoms with van der Waals surface area (Å²) in [7, 11) is -7.12. The van der Waals surface area contributed by atoms with Crippen molar-refractivity contribution in [2.24, 2.45) is 5.92 Å². The SMILES string of the molecule is CSc1ccccc1S(=O)(=O)N1CCC(C(=O)Nc2ccccc2S(C)(=O)=O)CC1. The van der Waals surface area contributed by atoms with Gasteiger partial charge in [0.25, 0.3) is 0 Å². The van der Waals surface area contributed by atoms with Gasteiger partial charge in [-0.15, -0.1) is 11.8 Å². The molecule has 10 heteroatoms. The largest absolute Gasteiger partial charge is 0.325 e. The number of para-hydroxylation sites is 1. The van der Waals surface area contributed by atoms with Crippen LogP contribution in [0, 0.1) is 5.92 Å². The van der Waals surface area contributed by atoms with E-state index in [2.05, 4.69) is 5.32 Å². The van der Waals surface area contributed by atoms with Crippen molar-refractivity contribution >= 4 is 43.2 Å². The van der Waals surface area contributed by atoms with Crippen molar-refractivity contribution in [1.82, 2.24) is 4.31 Å². The second-order valence-corrected chi connectivity index (χ2v) is 11.8. The van der Waals surface area contributed by atoms with Crippen LogP contribution >= 0.6 is 11.8 Å². The lowest BCUT2D eigenvalue weighted by molar-refractivity contribution is -0.120. The molecule has 30 heavy (non-hydrogen) atoms. The van der Waals surface area contributed by atoms with Crippen molar-refractivity contribution in [2.75, 3.05) is 30.9 Å². The summed E-state index contributed by atoms with van der Waals surface area (Å²) in [6.07, 6.45) is 3.66. The van der Waals surface area contributed by atoms with Gasteiger partial charge < -0.3 is 5.32 Å². The summed E-state index contributed by atoms with van der Waals surface area (Å²) in [6.45, 7) is 0.466. The number of amides is 1. The first kappa shape index (κ1) is 22.8. The highest BCUT2D eigenvalue weighted by atomic mass is 32.2. The first-order valence-electron chi connectivity index (χ1n) is 9.37. The van der Waals surface area contributed by atoms with Gasteiger partial charge in [0.2, 0.25) is 15.9 Å². The number of hydrogen-bond acceptors (Lipinski definition) is 6. The molecule has 1 N–H and O–H groups in total. The molecule has 0 saturated carbocycles. The average Bonchev–Trinajstić information content (AvgIpc) is 2.73. The predicted molar refractivity (Wildman–Crippen MR) is 118 cm³/mol. The summed E-state index contributed by atoms with van der Waals surface area (Å²) in [5, 5.41) is 2.70. The smallest absolute Gasteiger partial charge is 0.244 e. The number of rotatable bonds is 6. The Morgan fingerprint density at radius 2 is 1.53 bits per heavy atom. The lowest BCUT2D eigenvalue weighted by Crippen LogP contribution is -2.41. The van der Waals surface area contributed by atoms with Crippen LogP contribution in [0.4, 0.5) is 5.69 Å². The lowest BCUT2D eigenvalue weighted by atomic mass is 9.97. The van der Waals surface area contributed by atoms with Crippen LogP contribution in [0.2, 0.25) is 0 Å². The Morgan fingerprint density at radius 1 is 0.967 bits per heavy atom. The number of sulfone groups is 1. The number of nitrogens with zero attached hydrogens (tertiary/aromatic N) is 1. The average molecular weight is 469 g/mol. The van der Waals surface area contributed by atoms with E-state index in [1.54, 1.807) is 42.5 Å². The number of nitrogens with one attached hydrogen (secondary N) is 1. The zero-order valence-electron chi connectivity index (χ0n) is 16.7. The number of hydrogen-bond donors (Lipinski definition) is 1. The molecule has 0 aromatic heterocycles. The number of benzene rings is 2. The Balaban J connectivity index is 1.70. The van der Waals surface area contributed by atoms with Gasteiger partial charge in [-0.3, -0.25) is 4.79 Å². The number of piperidine rings is 1. The summed E-state index contributed by atoms with van der Waals surface area (Å²) in [6, 6.07) is 13.1. The normalized spacial score (nSPS) is 16.3. The molecule has 0 radical (unpaired) electrons. The third-order valence-electron chi connectivity index (χ3n) is 5.06. The second-order valence-electron chi connectivity index (χ2n) is 7.09. The molecule has 2 aromatic carbocycles.